The van der Waals surface area contributed by atoms with Gasteiger partial charge in [0, 0.05) is 15.4 Å². The largest absolute Gasteiger partial charge is 0.347 e. The molecule has 32 heavy (non-hydrogen) atoms. The predicted octanol–water partition coefficient (Wildman–Crippen LogP) is 7.65. The molecule has 8 heteroatoms. The SMILES string of the molecule is CCOP(=O)(OCC)C(C(=O)Nc1ccc2ccccc2c1)c1csc2ccc(Cl)cc12. The number of hydrogen-bond acceptors (Lipinski definition) is 5. The maximum Gasteiger partial charge on any atom is 0.347 e. The third-order valence-electron chi connectivity index (χ3n) is 5.06. The van der Waals surface area contributed by atoms with Crippen LogP contribution in [0.25, 0.3) is 20.9 Å². The molecule has 0 aliphatic heterocycles. The second kappa shape index (κ2) is 9.74. The first-order chi connectivity index (χ1) is 15.4. The summed E-state index contributed by atoms with van der Waals surface area (Å²) in [6.45, 7) is 3.76. The van der Waals surface area contributed by atoms with Gasteiger partial charge in [-0.1, -0.05) is 41.9 Å². The van der Waals surface area contributed by atoms with Crippen LogP contribution >= 0.6 is 30.5 Å². The summed E-state index contributed by atoms with van der Waals surface area (Å²) in [5.41, 5.74) is 0.0490. The molecule has 0 spiro atoms. The van der Waals surface area contributed by atoms with E-state index in [1.807, 2.05) is 53.9 Å². The summed E-state index contributed by atoms with van der Waals surface area (Å²) in [6.07, 6.45) is 0. The molecule has 1 heterocycles. The number of benzene rings is 3. The summed E-state index contributed by atoms with van der Waals surface area (Å²) in [7, 11) is -3.83. The van der Waals surface area contributed by atoms with Crippen LogP contribution in [-0.2, 0) is 18.4 Å². The molecule has 1 atom stereocenters. The first-order valence-electron chi connectivity index (χ1n) is 10.3. The van der Waals surface area contributed by atoms with Crippen molar-refractivity contribution in [2.45, 2.75) is 19.5 Å². The van der Waals surface area contributed by atoms with E-state index in [9.17, 15) is 9.36 Å². The standard InChI is InChI=1S/C24H23ClNO4PS/c1-3-29-31(28,30-4-2)23(21-15-32-22-12-10-18(25)14-20(21)22)24(27)26-19-11-9-16-7-5-6-8-17(16)13-19/h5-15,23H,3-4H2,1-2H3,(H,26,27). The van der Waals surface area contributed by atoms with Crippen LogP contribution < -0.4 is 5.32 Å². The van der Waals surface area contributed by atoms with Crippen molar-refractivity contribution < 1.29 is 18.4 Å². The van der Waals surface area contributed by atoms with Gasteiger partial charge in [0.15, 0.2) is 5.66 Å². The molecule has 1 aromatic heterocycles. The minimum absolute atomic E-state index is 0.153. The first-order valence-corrected chi connectivity index (χ1v) is 13.2. The number of carbonyl (C=O) groups excluding carboxylic acids is 1. The zero-order valence-corrected chi connectivity index (χ0v) is 20.2. The fourth-order valence-corrected chi connectivity index (χ4v) is 6.95. The Labute approximate surface area is 195 Å². The van der Waals surface area contributed by atoms with Crippen LogP contribution in [0.5, 0.6) is 0 Å². The first kappa shape index (κ1) is 23.0. The van der Waals surface area contributed by atoms with Gasteiger partial charge in [-0.15, -0.1) is 11.3 Å². The summed E-state index contributed by atoms with van der Waals surface area (Å²) in [5, 5.41) is 8.11. The Morgan fingerprint density at radius 3 is 2.47 bits per heavy atom. The van der Waals surface area contributed by atoms with Crippen LogP contribution in [0.1, 0.15) is 25.1 Å². The average Bonchev–Trinajstić information content (AvgIpc) is 3.16. The van der Waals surface area contributed by atoms with Crippen LogP contribution in [-0.4, -0.2) is 19.1 Å². The third-order valence-corrected chi connectivity index (χ3v) is 8.66. The molecule has 5 nitrogen and oxygen atoms in total. The maximum absolute atomic E-state index is 13.9. The van der Waals surface area contributed by atoms with Crippen LogP contribution in [0, 0.1) is 0 Å². The molecule has 0 radical (unpaired) electrons. The van der Waals surface area contributed by atoms with Crippen molar-refractivity contribution in [3.63, 3.8) is 0 Å². The molecule has 4 aromatic rings. The fraction of sp³-hybridized carbons (Fsp3) is 0.208. The molecule has 1 unspecified atom stereocenters. The average molecular weight is 488 g/mol. The van der Waals surface area contributed by atoms with Gasteiger partial charge in [-0.05, 0) is 71.3 Å². The maximum atomic E-state index is 13.9. The lowest BCUT2D eigenvalue weighted by atomic mass is 10.1. The minimum atomic E-state index is -3.83. The summed E-state index contributed by atoms with van der Waals surface area (Å²) >= 11 is 7.68. The summed E-state index contributed by atoms with van der Waals surface area (Å²) < 4.78 is 26.0. The van der Waals surface area contributed by atoms with Crippen LogP contribution in [0.4, 0.5) is 5.69 Å². The fourth-order valence-electron chi connectivity index (χ4n) is 3.71. The minimum Gasteiger partial charge on any atom is -0.325 e. The molecule has 3 aromatic carbocycles. The number of anilines is 1. The Hall–Kier alpha value is -2.21. The van der Waals surface area contributed by atoms with E-state index in [2.05, 4.69) is 5.32 Å². The molecule has 0 saturated carbocycles. The number of amides is 1. The van der Waals surface area contributed by atoms with Gasteiger partial charge in [0.05, 0.1) is 13.2 Å². The molecule has 0 saturated heterocycles. The molecule has 0 aliphatic rings. The molecule has 0 fully saturated rings. The van der Waals surface area contributed by atoms with E-state index < -0.39 is 19.2 Å². The van der Waals surface area contributed by atoms with Crippen molar-refractivity contribution in [1.82, 2.24) is 0 Å². The van der Waals surface area contributed by atoms with Crippen molar-refractivity contribution >= 4 is 63.0 Å². The normalized spacial score (nSPS) is 12.8. The zero-order chi connectivity index (χ0) is 22.7. The molecule has 1 N–H and O–H groups in total. The van der Waals surface area contributed by atoms with E-state index in [1.54, 1.807) is 26.0 Å². The second-order valence-electron chi connectivity index (χ2n) is 7.16. The van der Waals surface area contributed by atoms with Crippen molar-refractivity contribution in [3.8, 4) is 0 Å². The number of thiophene rings is 1. The number of halogens is 1. The highest BCUT2D eigenvalue weighted by molar-refractivity contribution is 7.55. The number of rotatable bonds is 8. The van der Waals surface area contributed by atoms with Crippen molar-refractivity contribution in [3.05, 3.63) is 76.6 Å². The lowest BCUT2D eigenvalue weighted by molar-refractivity contribution is -0.116. The van der Waals surface area contributed by atoms with Gasteiger partial charge < -0.3 is 14.4 Å². The molecule has 1 amide bonds. The topological polar surface area (TPSA) is 64.6 Å². The van der Waals surface area contributed by atoms with Crippen molar-refractivity contribution in [1.29, 1.82) is 0 Å². The molecule has 166 valence electrons. The number of fused-ring (bicyclic) bond motifs is 2. The smallest absolute Gasteiger partial charge is 0.325 e. The lowest BCUT2D eigenvalue weighted by Crippen LogP contribution is -2.23. The van der Waals surface area contributed by atoms with Crippen molar-refractivity contribution in [2.24, 2.45) is 0 Å². The van der Waals surface area contributed by atoms with Gasteiger partial charge in [-0.2, -0.15) is 0 Å². The number of carbonyl (C=O) groups is 1. The highest BCUT2D eigenvalue weighted by Crippen LogP contribution is 2.62. The predicted molar refractivity (Wildman–Crippen MR) is 133 cm³/mol. The summed E-state index contributed by atoms with van der Waals surface area (Å²) in [4.78, 5) is 13.6. The van der Waals surface area contributed by atoms with Gasteiger partial charge in [0.2, 0.25) is 5.91 Å². The van der Waals surface area contributed by atoms with E-state index in [1.165, 1.54) is 11.3 Å². The van der Waals surface area contributed by atoms with Gasteiger partial charge in [0.1, 0.15) is 0 Å². The zero-order valence-electron chi connectivity index (χ0n) is 17.7. The number of hydrogen-bond donors (Lipinski definition) is 1. The van der Waals surface area contributed by atoms with Gasteiger partial charge in [-0.3, -0.25) is 9.36 Å². The summed E-state index contributed by atoms with van der Waals surface area (Å²) in [6, 6.07) is 19.0. The molecular formula is C24H23ClNO4PS. The van der Waals surface area contributed by atoms with E-state index in [0.717, 1.165) is 20.9 Å². The molecule has 0 aliphatic carbocycles. The Bertz CT molecular complexity index is 1310. The van der Waals surface area contributed by atoms with Gasteiger partial charge >= 0.3 is 7.60 Å². The van der Waals surface area contributed by atoms with Gasteiger partial charge in [0.25, 0.3) is 0 Å². The monoisotopic (exact) mass is 487 g/mol. The Morgan fingerprint density at radius 2 is 1.75 bits per heavy atom. The van der Waals surface area contributed by atoms with Gasteiger partial charge in [-0.25, -0.2) is 0 Å². The highest BCUT2D eigenvalue weighted by Gasteiger charge is 2.43. The summed E-state index contributed by atoms with van der Waals surface area (Å²) in [5.74, 6) is -0.454. The van der Waals surface area contributed by atoms with E-state index in [0.29, 0.717) is 16.3 Å². The van der Waals surface area contributed by atoms with Crippen LogP contribution in [0.2, 0.25) is 5.02 Å². The van der Waals surface area contributed by atoms with Crippen LogP contribution in [0.15, 0.2) is 66.0 Å². The highest BCUT2D eigenvalue weighted by atomic mass is 35.5. The Balaban J connectivity index is 1.79. The molecular weight excluding hydrogens is 465 g/mol. The molecule has 4 rings (SSSR count). The number of nitrogens with one attached hydrogen (secondary N) is 1. The third kappa shape index (κ3) is 4.61. The second-order valence-corrected chi connectivity index (χ2v) is 10.6. The quantitative estimate of drug-likeness (QED) is 0.259. The van der Waals surface area contributed by atoms with E-state index in [4.69, 9.17) is 20.6 Å². The molecule has 0 bridgehead atoms. The van der Waals surface area contributed by atoms with Crippen molar-refractivity contribution in [2.75, 3.05) is 18.5 Å². The lowest BCUT2D eigenvalue weighted by Gasteiger charge is -2.25. The Morgan fingerprint density at radius 1 is 1.03 bits per heavy atom. The van der Waals surface area contributed by atoms with E-state index in [-0.39, 0.29) is 13.2 Å². The Kier molecular flexibility index (Phi) is 6.99. The van der Waals surface area contributed by atoms with Crippen LogP contribution in [0.3, 0.4) is 0 Å². The van der Waals surface area contributed by atoms with E-state index >= 15 is 0 Å².